The van der Waals surface area contributed by atoms with Gasteiger partial charge in [0.25, 0.3) is 5.91 Å². The summed E-state index contributed by atoms with van der Waals surface area (Å²) in [5, 5.41) is 3.14. The summed E-state index contributed by atoms with van der Waals surface area (Å²) in [5.41, 5.74) is 2.18. The number of sulfonamides is 1. The van der Waals surface area contributed by atoms with E-state index in [0.717, 1.165) is 44.7 Å². The molecule has 2 unspecified atom stereocenters. The van der Waals surface area contributed by atoms with Gasteiger partial charge in [0.1, 0.15) is 0 Å². The summed E-state index contributed by atoms with van der Waals surface area (Å²) in [5.74, 6) is 0.417. The molecule has 0 radical (unpaired) electrons. The minimum absolute atomic E-state index is 0.104. The summed E-state index contributed by atoms with van der Waals surface area (Å²) in [6, 6.07) is 5.49. The lowest BCUT2D eigenvalue weighted by atomic mass is 9.92. The summed E-state index contributed by atoms with van der Waals surface area (Å²) in [6.45, 7) is 10.2. The zero-order chi connectivity index (χ0) is 21.9. The highest BCUT2D eigenvalue weighted by Crippen LogP contribution is 2.34. The summed E-state index contributed by atoms with van der Waals surface area (Å²) >= 11 is 0. The number of benzene rings is 1. The molecule has 1 aromatic carbocycles. The highest BCUT2D eigenvalue weighted by atomic mass is 32.2. The molecule has 2 aliphatic rings. The van der Waals surface area contributed by atoms with Crippen molar-refractivity contribution in [2.24, 2.45) is 5.92 Å². The molecule has 0 saturated carbocycles. The molecule has 168 valence electrons. The van der Waals surface area contributed by atoms with Crippen LogP contribution in [0, 0.1) is 5.92 Å². The van der Waals surface area contributed by atoms with Gasteiger partial charge in [-0.15, -0.1) is 0 Å². The van der Waals surface area contributed by atoms with Crippen LogP contribution in [-0.2, 0) is 21.2 Å². The maximum atomic E-state index is 12.9. The number of hydrogen-bond donors (Lipinski definition) is 1. The third-order valence-corrected chi connectivity index (χ3v) is 7.70. The largest absolute Gasteiger partial charge is 0.379 e. The average Bonchev–Trinajstić information content (AvgIpc) is 3.06. The molecule has 0 aromatic heterocycles. The maximum Gasteiger partial charge on any atom is 0.251 e. The Kier molecular flexibility index (Phi) is 7.42. The SMILES string of the molecule is CCC(CC)C(CNC(=O)c1ccc2c(c1)CC(C)N2S(C)(=O)=O)N1CCOCC1. The number of anilines is 1. The Hall–Kier alpha value is -1.64. The number of hydrogen-bond acceptors (Lipinski definition) is 5. The van der Waals surface area contributed by atoms with Gasteiger partial charge in [-0.1, -0.05) is 26.7 Å². The normalized spacial score (nSPS) is 21.0. The first-order valence-electron chi connectivity index (χ1n) is 11.0. The molecule has 2 heterocycles. The minimum Gasteiger partial charge on any atom is -0.379 e. The van der Waals surface area contributed by atoms with Gasteiger partial charge in [0.15, 0.2) is 0 Å². The van der Waals surface area contributed by atoms with Crippen LogP contribution in [0.2, 0.25) is 0 Å². The molecule has 3 rings (SSSR count). The fourth-order valence-corrected chi connectivity index (χ4v) is 6.15. The average molecular weight is 438 g/mol. The summed E-state index contributed by atoms with van der Waals surface area (Å²) < 4.78 is 31.2. The van der Waals surface area contributed by atoms with E-state index in [2.05, 4.69) is 24.1 Å². The molecule has 2 atom stereocenters. The van der Waals surface area contributed by atoms with E-state index in [0.29, 0.717) is 36.2 Å². The van der Waals surface area contributed by atoms with Crippen molar-refractivity contribution in [3.05, 3.63) is 29.3 Å². The summed E-state index contributed by atoms with van der Waals surface area (Å²) in [6.07, 6.45) is 4.00. The fourth-order valence-electron chi connectivity index (χ4n) is 4.88. The van der Waals surface area contributed by atoms with Gasteiger partial charge in [0.05, 0.1) is 25.2 Å². The van der Waals surface area contributed by atoms with E-state index in [1.54, 1.807) is 12.1 Å². The van der Waals surface area contributed by atoms with E-state index >= 15 is 0 Å². The number of nitrogens with zero attached hydrogens (tertiary/aromatic N) is 2. The van der Waals surface area contributed by atoms with E-state index in [4.69, 9.17) is 4.74 Å². The lowest BCUT2D eigenvalue weighted by Gasteiger charge is -2.38. The van der Waals surface area contributed by atoms with Gasteiger partial charge >= 0.3 is 0 Å². The van der Waals surface area contributed by atoms with E-state index in [9.17, 15) is 13.2 Å². The number of nitrogens with one attached hydrogen (secondary N) is 1. The van der Waals surface area contributed by atoms with Crippen LogP contribution in [-0.4, -0.2) is 70.4 Å². The van der Waals surface area contributed by atoms with Crippen LogP contribution in [0.4, 0.5) is 5.69 Å². The number of amides is 1. The monoisotopic (exact) mass is 437 g/mol. The van der Waals surface area contributed by atoms with Crippen molar-refractivity contribution < 1.29 is 17.9 Å². The highest BCUT2D eigenvalue weighted by Gasteiger charge is 2.33. The second-order valence-electron chi connectivity index (χ2n) is 8.46. The fraction of sp³-hybridized carbons (Fsp3) is 0.682. The van der Waals surface area contributed by atoms with Crippen molar-refractivity contribution in [3.63, 3.8) is 0 Å². The smallest absolute Gasteiger partial charge is 0.251 e. The minimum atomic E-state index is -3.33. The Bertz CT molecular complexity index is 848. The number of rotatable bonds is 8. The van der Waals surface area contributed by atoms with Crippen LogP contribution in [0.1, 0.15) is 49.5 Å². The van der Waals surface area contributed by atoms with Gasteiger partial charge in [-0.3, -0.25) is 14.0 Å². The molecule has 0 aliphatic carbocycles. The Labute approximate surface area is 180 Å². The van der Waals surface area contributed by atoms with Gasteiger partial charge in [-0.25, -0.2) is 8.42 Å². The van der Waals surface area contributed by atoms with Crippen molar-refractivity contribution in [1.82, 2.24) is 10.2 Å². The van der Waals surface area contributed by atoms with Gasteiger partial charge < -0.3 is 10.1 Å². The van der Waals surface area contributed by atoms with Crippen LogP contribution in [0.3, 0.4) is 0 Å². The zero-order valence-electron chi connectivity index (χ0n) is 18.6. The lowest BCUT2D eigenvalue weighted by molar-refractivity contribution is 0.00191. The first kappa shape index (κ1) is 23.0. The van der Waals surface area contributed by atoms with E-state index in [1.165, 1.54) is 10.6 Å². The first-order chi connectivity index (χ1) is 14.3. The molecule has 0 spiro atoms. The van der Waals surface area contributed by atoms with Crippen LogP contribution >= 0.6 is 0 Å². The van der Waals surface area contributed by atoms with Crippen molar-refractivity contribution in [2.45, 2.75) is 52.1 Å². The zero-order valence-corrected chi connectivity index (χ0v) is 19.4. The summed E-state index contributed by atoms with van der Waals surface area (Å²) in [7, 11) is -3.33. The number of morpholine rings is 1. The number of carbonyl (C=O) groups is 1. The van der Waals surface area contributed by atoms with Gasteiger partial charge in [0, 0.05) is 37.3 Å². The van der Waals surface area contributed by atoms with Crippen LogP contribution in [0.15, 0.2) is 18.2 Å². The molecule has 1 N–H and O–H groups in total. The molecule has 7 nitrogen and oxygen atoms in total. The molecule has 1 aromatic rings. The Morgan fingerprint density at radius 1 is 1.23 bits per heavy atom. The Morgan fingerprint density at radius 3 is 2.50 bits per heavy atom. The Morgan fingerprint density at radius 2 is 1.90 bits per heavy atom. The summed E-state index contributed by atoms with van der Waals surface area (Å²) in [4.78, 5) is 15.3. The number of ether oxygens (including phenoxy) is 1. The van der Waals surface area contributed by atoms with Gasteiger partial charge in [-0.2, -0.15) is 0 Å². The standard InChI is InChI=1S/C22H35N3O4S/c1-5-17(6-2)21(24-9-11-29-12-10-24)15-23-22(26)18-7-8-20-19(14-18)13-16(3)25(20)30(4,27)28/h7-8,14,16-17,21H,5-6,9-13,15H2,1-4H3,(H,23,26). The quantitative estimate of drug-likeness (QED) is 0.675. The van der Waals surface area contributed by atoms with E-state index in [-0.39, 0.29) is 11.9 Å². The maximum absolute atomic E-state index is 12.9. The molecular formula is C22H35N3O4S. The van der Waals surface area contributed by atoms with Crippen molar-refractivity contribution in [3.8, 4) is 0 Å². The molecule has 1 amide bonds. The van der Waals surface area contributed by atoms with Crippen molar-refractivity contribution in [2.75, 3.05) is 43.4 Å². The van der Waals surface area contributed by atoms with Gasteiger partial charge in [0.2, 0.25) is 10.0 Å². The Balaban J connectivity index is 1.71. The number of fused-ring (bicyclic) bond motifs is 1. The third kappa shape index (κ3) is 4.98. The lowest BCUT2D eigenvalue weighted by Crippen LogP contribution is -2.52. The van der Waals surface area contributed by atoms with E-state index in [1.807, 2.05) is 13.0 Å². The van der Waals surface area contributed by atoms with Crippen molar-refractivity contribution >= 4 is 21.6 Å². The van der Waals surface area contributed by atoms with Crippen LogP contribution < -0.4 is 9.62 Å². The molecule has 30 heavy (non-hydrogen) atoms. The second-order valence-corrected chi connectivity index (χ2v) is 10.3. The molecule has 0 bridgehead atoms. The predicted molar refractivity (Wildman–Crippen MR) is 120 cm³/mol. The van der Waals surface area contributed by atoms with Gasteiger partial charge in [-0.05, 0) is 43.0 Å². The second kappa shape index (κ2) is 9.66. The first-order valence-corrected chi connectivity index (χ1v) is 12.8. The molecule has 1 saturated heterocycles. The molecule has 8 heteroatoms. The van der Waals surface area contributed by atoms with Crippen LogP contribution in [0.5, 0.6) is 0 Å². The molecular weight excluding hydrogens is 402 g/mol. The van der Waals surface area contributed by atoms with Crippen LogP contribution in [0.25, 0.3) is 0 Å². The molecule has 1 fully saturated rings. The van der Waals surface area contributed by atoms with E-state index < -0.39 is 10.0 Å². The molecule has 2 aliphatic heterocycles. The predicted octanol–water partition coefficient (Wildman–Crippen LogP) is 2.26. The van der Waals surface area contributed by atoms with Crippen molar-refractivity contribution in [1.29, 1.82) is 0 Å². The highest BCUT2D eigenvalue weighted by molar-refractivity contribution is 7.92. The number of carbonyl (C=O) groups excluding carboxylic acids is 1. The topological polar surface area (TPSA) is 79.0 Å². The third-order valence-electron chi connectivity index (χ3n) is 6.43.